The van der Waals surface area contributed by atoms with E-state index in [0.29, 0.717) is 5.56 Å². The highest BCUT2D eigenvalue weighted by molar-refractivity contribution is 6.02. The highest BCUT2D eigenvalue weighted by Gasteiger charge is 2.43. The predicted octanol–water partition coefficient (Wildman–Crippen LogP) is 1.27. The van der Waals surface area contributed by atoms with Gasteiger partial charge in [-0.15, -0.1) is 0 Å². The first-order valence-corrected chi connectivity index (χ1v) is 9.45. The average molecular weight is 416 g/mol. The van der Waals surface area contributed by atoms with Crippen LogP contribution >= 0.6 is 0 Å². The quantitative estimate of drug-likeness (QED) is 0.768. The van der Waals surface area contributed by atoms with Gasteiger partial charge in [0.25, 0.3) is 17.7 Å². The lowest BCUT2D eigenvalue weighted by Crippen LogP contribution is -2.54. The molecule has 1 atom stereocenters. The van der Waals surface area contributed by atoms with Gasteiger partial charge in [0.2, 0.25) is 0 Å². The smallest absolute Gasteiger partial charge is 0.263 e. The van der Waals surface area contributed by atoms with Crippen LogP contribution in [-0.2, 0) is 4.79 Å². The molecular weight excluding hydrogens is 394 g/mol. The number of halogens is 2. The Morgan fingerprint density at radius 1 is 1.00 bits per heavy atom. The number of amides is 3. The van der Waals surface area contributed by atoms with Crippen molar-refractivity contribution in [1.82, 2.24) is 15.1 Å². The summed E-state index contributed by atoms with van der Waals surface area (Å²) in [4.78, 5) is 41.3. The Balaban J connectivity index is 1.92. The molecule has 1 aliphatic rings. The van der Waals surface area contributed by atoms with Crippen molar-refractivity contribution in [3.63, 3.8) is 0 Å². The van der Waals surface area contributed by atoms with E-state index < -0.39 is 35.5 Å². The number of carbonyl (C=O) groups excluding carboxylic acids is 3. The number of rotatable bonds is 5. The van der Waals surface area contributed by atoms with Crippen LogP contribution in [-0.4, -0.2) is 59.9 Å². The lowest BCUT2D eigenvalue weighted by atomic mass is 10.1. The number of hydrogen-bond donors (Lipinski definition) is 2. The fraction of sp³-hybridized carbons (Fsp3) is 0.286. The fourth-order valence-corrected chi connectivity index (χ4v) is 3.36. The Morgan fingerprint density at radius 3 is 2.20 bits per heavy atom. The van der Waals surface area contributed by atoms with E-state index in [1.165, 1.54) is 9.80 Å². The molecule has 1 fully saturated rings. The van der Waals surface area contributed by atoms with E-state index in [2.05, 4.69) is 5.32 Å². The number of nitrogens with two attached hydrogens (primary N) is 1. The molecule has 0 bridgehead atoms. The summed E-state index contributed by atoms with van der Waals surface area (Å²) in [6, 6.07) is 9.65. The van der Waals surface area contributed by atoms with Gasteiger partial charge < -0.3 is 20.9 Å². The summed E-state index contributed by atoms with van der Waals surface area (Å²) < 4.78 is 26.9. The zero-order valence-electron chi connectivity index (χ0n) is 16.4. The molecule has 1 saturated heterocycles. The molecular formula is C21H22F2N4O3. The summed E-state index contributed by atoms with van der Waals surface area (Å²) in [7, 11) is 0. The summed E-state index contributed by atoms with van der Waals surface area (Å²) in [5, 5.41) is 2.59. The number of benzene rings is 2. The summed E-state index contributed by atoms with van der Waals surface area (Å²) in [5.74, 6) is -3.92. The minimum Gasteiger partial charge on any atom is -0.351 e. The molecule has 3 rings (SSSR count). The Labute approximate surface area is 172 Å². The van der Waals surface area contributed by atoms with Crippen LogP contribution in [0, 0.1) is 18.6 Å². The van der Waals surface area contributed by atoms with Crippen LogP contribution in [0.25, 0.3) is 0 Å². The monoisotopic (exact) mass is 416 g/mol. The molecule has 158 valence electrons. The number of nitrogens with one attached hydrogen (secondary N) is 1. The second-order valence-electron chi connectivity index (χ2n) is 6.95. The van der Waals surface area contributed by atoms with Crippen molar-refractivity contribution >= 4 is 17.7 Å². The van der Waals surface area contributed by atoms with Gasteiger partial charge in [-0.1, -0.05) is 17.7 Å². The first-order chi connectivity index (χ1) is 14.3. The SMILES string of the molecule is Cc1cccc(C(=O)N2CCN(C(=O)c3ccc(F)c(F)c3)C2C(=O)NCCN)c1. The zero-order valence-corrected chi connectivity index (χ0v) is 16.4. The van der Waals surface area contributed by atoms with Crippen molar-refractivity contribution in [2.24, 2.45) is 5.73 Å². The third-order valence-corrected chi connectivity index (χ3v) is 4.80. The summed E-state index contributed by atoms with van der Waals surface area (Å²) in [6.45, 7) is 2.36. The molecule has 2 aromatic rings. The van der Waals surface area contributed by atoms with Gasteiger partial charge in [0.05, 0.1) is 0 Å². The van der Waals surface area contributed by atoms with Crippen molar-refractivity contribution < 1.29 is 23.2 Å². The van der Waals surface area contributed by atoms with Crippen LogP contribution in [0.15, 0.2) is 42.5 Å². The largest absolute Gasteiger partial charge is 0.351 e. The Bertz CT molecular complexity index is 982. The molecule has 2 aromatic carbocycles. The third kappa shape index (κ3) is 4.30. The molecule has 3 N–H and O–H groups in total. The highest BCUT2D eigenvalue weighted by atomic mass is 19.2. The van der Waals surface area contributed by atoms with E-state index in [1.807, 2.05) is 13.0 Å². The van der Waals surface area contributed by atoms with Crippen LogP contribution in [0.1, 0.15) is 26.3 Å². The van der Waals surface area contributed by atoms with Crippen molar-refractivity contribution in [1.29, 1.82) is 0 Å². The highest BCUT2D eigenvalue weighted by Crippen LogP contribution is 2.22. The molecule has 30 heavy (non-hydrogen) atoms. The molecule has 7 nitrogen and oxygen atoms in total. The van der Waals surface area contributed by atoms with Crippen LogP contribution in [0.3, 0.4) is 0 Å². The predicted molar refractivity (Wildman–Crippen MR) is 105 cm³/mol. The average Bonchev–Trinajstić information content (AvgIpc) is 3.18. The Hall–Kier alpha value is -3.33. The van der Waals surface area contributed by atoms with Crippen molar-refractivity contribution in [3.05, 3.63) is 70.8 Å². The van der Waals surface area contributed by atoms with Gasteiger partial charge in [-0.25, -0.2) is 8.78 Å². The Morgan fingerprint density at radius 2 is 1.63 bits per heavy atom. The van der Waals surface area contributed by atoms with Gasteiger partial charge in [-0.2, -0.15) is 0 Å². The molecule has 0 spiro atoms. The minimum absolute atomic E-state index is 0.0656. The van der Waals surface area contributed by atoms with E-state index in [4.69, 9.17) is 5.73 Å². The third-order valence-electron chi connectivity index (χ3n) is 4.80. The summed E-state index contributed by atoms with van der Waals surface area (Å²) in [6.07, 6.45) is -1.23. The minimum atomic E-state index is -1.23. The van der Waals surface area contributed by atoms with E-state index in [1.54, 1.807) is 18.2 Å². The molecule has 0 saturated carbocycles. The molecule has 1 aliphatic heterocycles. The van der Waals surface area contributed by atoms with E-state index in [9.17, 15) is 23.2 Å². The maximum absolute atomic E-state index is 13.6. The van der Waals surface area contributed by atoms with Crippen LogP contribution in [0.2, 0.25) is 0 Å². The zero-order chi connectivity index (χ0) is 21.8. The van der Waals surface area contributed by atoms with Gasteiger partial charge >= 0.3 is 0 Å². The molecule has 1 unspecified atom stereocenters. The maximum Gasteiger partial charge on any atom is 0.263 e. The normalized spacial score (nSPS) is 15.9. The van der Waals surface area contributed by atoms with E-state index >= 15 is 0 Å². The first-order valence-electron chi connectivity index (χ1n) is 9.45. The molecule has 1 heterocycles. The van der Waals surface area contributed by atoms with Crippen molar-refractivity contribution in [2.45, 2.75) is 13.1 Å². The van der Waals surface area contributed by atoms with Gasteiger partial charge in [-0.3, -0.25) is 14.4 Å². The topological polar surface area (TPSA) is 95.7 Å². The standard InChI is InChI=1S/C21H22F2N4O3/c1-13-3-2-4-14(11-13)20(29)26-9-10-27(19(26)18(28)25-8-7-24)21(30)15-5-6-16(22)17(23)12-15/h2-6,11-12,19H,7-10,24H2,1H3,(H,25,28). The van der Waals surface area contributed by atoms with Crippen molar-refractivity contribution in [2.75, 3.05) is 26.2 Å². The lowest BCUT2D eigenvalue weighted by Gasteiger charge is -2.29. The first kappa shape index (κ1) is 21.4. The van der Waals surface area contributed by atoms with Gasteiger partial charge in [0.1, 0.15) is 0 Å². The number of nitrogens with zero attached hydrogens (tertiary/aromatic N) is 2. The van der Waals surface area contributed by atoms with E-state index in [0.717, 1.165) is 23.8 Å². The second-order valence-corrected chi connectivity index (χ2v) is 6.95. The molecule has 0 radical (unpaired) electrons. The van der Waals surface area contributed by atoms with Crippen LogP contribution in [0.4, 0.5) is 8.78 Å². The molecule has 0 aliphatic carbocycles. The lowest BCUT2D eigenvalue weighted by molar-refractivity contribution is -0.128. The van der Waals surface area contributed by atoms with Crippen LogP contribution in [0.5, 0.6) is 0 Å². The Kier molecular flexibility index (Phi) is 6.41. The molecule has 9 heteroatoms. The van der Waals surface area contributed by atoms with Gasteiger partial charge in [0, 0.05) is 37.3 Å². The maximum atomic E-state index is 13.6. The number of carbonyl (C=O) groups is 3. The summed E-state index contributed by atoms with van der Waals surface area (Å²) >= 11 is 0. The second kappa shape index (κ2) is 9.00. The number of hydrogen-bond acceptors (Lipinski definition) is 4. The van der Waals surface area contributed by atoms with Gasteiger partial charge in [-0.05, 0) is 37.3 Å². The van der Waals surface area contributed by atoms with Crippen molar-refractivity contribution in [3.8, 4) is 0 Å². The molecule has 3 amide bonds. The summed E-state index contributed by atoms with van der Waals surface area (Å²) in [5.41, 5.74) is 6.58. The van der Waals surface area contributed by atoms with E-state index in [-0.39, 0.29) is 31.7 Å². The molecule has 0 aromatic heterocycles. The van der Waals surface area contributed by atoms with Gasteiger partial charge in [0.15, 0.2) is 17.8 Å². The fourth-order valence-electron chi connectivity index (χ4n) is 3.36. The van der Waals surface area contributed by atoms with Crippen LogP contribution < -0.4 is 11.1 Å². The number of aryl methyl sites for hydroxylation is 1.